The molecule has 0 aliphatic carbocycles. The van der Waals surface area contributed by atoms with Crippen molar-refractivity contribution in [1.29, 1.82) is 0 Å². The first kappa shape index (κ1) is 16.2. The van der Waals surface area contributed by atoms with Gasteiger partial charge in [0.1, 0.15) is 0 Å². The second-order valence-corrected chi connectivity index (χ2v) is 7.52. The topological polar surface area (TPSA) is 76.9 Å². The lowest BCUT2D eigenvalue weighted by Gasteiger charge is -2.07. The molecule has 7 heteroatoms. The van der Waals surface area contributed by atoms with Gasteiger partial charge < -0.3 is 5.32 Å². The van der Waals surface area contributed by atoms with Crippen molar-refractivity contribution in [2.75, 3.05) is 11.6 Å². The van der Waals surface area contributed by atoms with E-state index in [2.05, 4.69) is 15.4 Å². The summed E-state index contributed by atoms with van der Waals surface area (Å²) in [5.41, 5.74) is 3.79. The molecule has 2 heterocycles. The highest BCUT2D eigenvalue weighted by Crippen LogP contribution is 2.22. The van der Waals surface area contributed by atoms with E-state index >= 15 is 0 Å². The third kappa shape index (κ3) is 3.62. The zero-order chi connectivity index (χ0) is 17.2. The van der Waals surface area contributed by atoms with E-state index in [0.29, 0.717) is 6.54 Å². The van der Waals surface area contributed by atoms with E-state index in [1.807, 2.05) is 43.6 Å². The Morgan fingerprint density at radius 3 is 2.50 bits per heavy atom. The Balaban J connectivity index is 1.78. The van der Waals surface area contributed by atoms with Crippen LogP contribution in [0.1, 0.15) is 5.56 Å². The standard InChI is InChI=1S/C17H18N4O2S/c1-21-12-14(17(20-21)13-6-4-3-5-7-13)10-18-15-8-9-16(19-11-15)24(2,22)23/h3-9,11-12,18H,10H2,1-2H3. The predicted octanol–water partition coefficient (Wildman–Crippen LogP) is 2.50. The summed E-state index contributed by atoms with van der Waals surface area (Å²) in [6.07, 6.45) is 4.63. The second kappa shape index (κ2) is 6.45. The highest BCUT2D eigenvalue weighted by molar-refractivity contribution is 7.90. The molecule has 0 bridgehead atoms. The number of nitrogens with zero attached hydrogens (tertiary/aromatic N) is 3. The number of rotatable bonds is 5. The van der Waals surface area contributed by atoms with Crippen LogP contribution < -0.4 is 5.32 Å². The molecule has 1 aromatic carbocycles. The van der Waals surface area contributed by atoms with Crippen LogP contribution >= 0.6 is 0 Å². The molecule has 0 saturated carbocycles. The molecule has 0 spiro atoms. The van der Waals surface area contributed by atoms with E-state index < -0.39 is 9.84 Å². The van der Waals surface area contributed by atoms with Crippen LogP contribution in [-0.4, -0.2) is 29.4 Å². The van der Waals surface area contributed by atoms with Gasteiger partial charge in [0.25, 0.3) is 0 Å². The van der Waals surface area contributed by atoms with Gasteiger partial charge in [-0.05, 0) is 12.1 Å². The van der Waals surface area contributed by atoms with Crippen molar-refractivity contribution < 1.29 is 8.42 Å². The Bertz CT molecular complexity index is 932. The van der Waals surface area contributed by atoms with Crippen molar-refractivity contribution in [3.63, 3.8) is 0 Å². The van der Waals surface area contributed by atoms with E-state index in [-0.39, 0.29) is 5.03 Å². The molecule has 0 amide bonds. The van der Waals surface area contributed by atoms with E-state index in [1.54, 1.807) is 10.7 Å². The van der Waals surface area contributed by atoms with Crippen LogP contribution in [0.4, 0.5) is 5.69 Å². The monoisotopic (exact) mass is 342 g/mol. The molecular weight excluding hydrogens is 324 g/mol. The fourth-order valence-corrected chi connectivity index (χ4v) is 2.97. The lowest BCUT2D eigenvalue weighted by molar-refractivity contribution is 0.598. The maximum Gasteiger partial charge on any atom is 0.192 e. The summed E-state index contributed by atoms with van der Waals surface area (Å²) < 4.78 is 24.6. The number of anilines is 1. The number of sulfone groups is 1. The summed E-state index contributed by atoms with van der Waals surface area (Å²) in [7, 11) is -1.39. The molecule has 6 nitrogen and oxygen atoms in total. The summed E-state index contributed by atoms with van der Waals surface area (Å²) >= 11 is 0. The van der Waals surface area contributed by atoms with Gasteiger partial charge in [0, 0.05) is 37.2 Å². The van der Waals surface area contributed by atoms with Crippen molar-refractivity contribution in [1.82, 2.24) is 14.8 Å². The number of aryl methyl sites for hydroxylation is 1. The average molecular weight is 342 g/mol. The summed E-state index contributed by atoms with van der Waals surface area (Å²) in [5.74, 6) is 0. The second-order valence-electron chi connectivity index (χ2n) is 5.55. The van der Waals surface area contributed by atoms with Gasteiger partial charge in [-0.3, -0.25) is 4.68 Å². The van der Waals surface area contributed by atoms with Gasteiger partial charge in [0.15, 0.2) is 14.9 Å². The van der Waals surface area contributed by atoms with Gasteiger partial charge >= 0.3 is 0 Å². The SMILES string of the molecule is Cn1cc(CNc2ccc(S(C)(=O)=O)nc2)c(-c2ccccc2)n1. The lowest BCUT2D eigenvalue weighted by atomic mass is 10.1. The number of hydrogen-bond donors (Lipinski definition) is 1. The van der Waals surface area contributed by atoms with Crippen LogP contribution in [0.25, 0.3) is 11.3 Å². The Kier molecular flexibility index (Phi) is 4.35. The minimum Gasteiger partial charge on any atom is -0.380 e. The van der Waals surface area contributed by atoms with Gasteiger partial charge in [0.05, 0.1) is 17.6 Å². The van der Waals surface area contributed by atoms with Crippen LogP contribution in [0.3, 0.4) is 0 Å². The molecular formula is C17H18N4O2S. The predicted molar refractivity (Wildman–Crippen MR) is 93.3 cm³/mol. The highest BCUT2D eigenvalue weighted by atomic mass is 32.2. The number of hydrogen-bond acceptors (Lipinski definition) is 5. The number of pyridine rings is 1. The fraction of sp³-hybridized carbons (Fsp3) is 0.176. The molecule has 0 saturated heterocycles. The molecule has 0 aliphatic rings. The summed E-state index contributed by atoms with van der Waals surface area (Å²) in [6, 6.07) is 13.2. The highest BCUT2D eigenvalue weighted by Gasteiger charge is 2.11. The molecule has 124 valence electrons. The number of aromatic nitrogens is 3. The first-order valence-electron chi connectivity index (χ1n) is 7.41. The van der Waals surface area contributed by atoms with Gasteiger partial charge in [-0.1, -0.05) is 30.3 Å². The van der Waals surface area contributed by atoms with Crippen LogP contribution in [0.15, 0.2) is 59.9 Å². The molecule has 3 rings (SSSR count). The summed E-state index contributed by atoms with van der Waals surface area (Å²) in [5, 5.41) is 7.84. The van der Waals surface area contributed by atoms with Crippen molar-refractivity contribution >= 4 is 15.5 Å². The lowest BCUT2D eigenvalue weighted by Crippen LogP contribution is -2.03. The first-order chi connectivity index (χ1) is 11.4. The molecule has 0 radical (unpaired) electrons. The Labute approximate surface area is 141 Å². The first-order valence-corrected chi connectivity index (χ1v) is 9.30. The molecule has 2 aromatic heterocycles. The van der Waals surface area contributed by atoms with Crippen LogP contribution in [-0.2, 0) is 23.4 Å². The molecule has 0 unspecified atom stereocenters. The Morgan fingerprint density at radius 2 is 1.88 bits per heavy atom. The van der Waals surface area contributed by atoms with Crippen LogP contribution in [0, 0.1) is 0 Å². The van der Waals surface area contributed by atoms with Gasteiger partial charge in [-0.15, -0.1) is 0 Å². The van der Waals surface area contributed by atoms with E-state index in [0.717, 1.165) is 28.8 Å². The van der Waals surface area contributed by atoms with Crippen LogP contribution in [0.5, 0.6) is 0 Å². The Morgan fingerprint density at radius 1 is 1.12 bits per heavy atom. The number of benzene rings is 1. The fourth-order valence-electron chi connectivity index (χ4n) is 2.41. The quantitative estimate of drug-likeness (QED) is 0.771. The Hall–Kier alpha value is -2.67. The van der Waals surface area contributed by atoms with Crippen LogP contribution in [0.2, 0.25) is 0 Å². The van der Waals surface area contributed by atoms with Crippen molar-refractivity contribution in [3.05, 3.63) is 60.4 Å². The van der Waals surface area contributed by atoms with Gasteiger partial charge in [0.2, 0.25) is 0 Å². The van der Waals surface area contributed by atoms with E-state index in [4.69, 9.17) is 0 Å². The van der Waals surface area contributed by atoms with E-state index in [9.17, 15) is 8.42 Å². The molecule has 0 atom stereocenters. The molecule has 3 aromatic rings. The van der Waals surface area contributed by atoms with E-state index in [1.165, 1.54) is 12.3 Å². The molecule has 0 fully saturated rings. The van der Waals surface area contributed by atoms with Crippen molar-refractivity contribution in [3.8, 4) is 11.3 Å². The molecule has 0 aliphatic heterocycles. The smallest absolute Gasteiger partial charge is 0.192 e. The largest absolute Gasteiger partial charge is 0.380 e. The third-order valence-electron chi connectivity index (χ3n) is 3.55. The third-order valence-corrected chi connectivity index (χ3v) is 4.55. The normalized spacial score (nSPS) is 11.4. The summed E-state index contributed by atoms with van der Waals surface area (Å²) in [6.45, 7) is 0.567. The van der Waals surface area contributed by atoms with Gasteiger partial charge in [-0.25, -0.2) is 13.4 Å². The number of nitrogens with one attached hydrogen (secondary N) is 1. The maximum atomic E-state index is 11.4. The molecule has 24 heavy (non-hydrogen) atoms. The van der Waals surface area contributed by atoms with Gasteiger partial charge in [-0.2, -0.15) is 5.10 Å². The maximum absolute atomic E-state index is 11.4. The zero-order valence-corrected chi connectivity index (χ0v) is 14.3. The minimum absolute atomic E-state index is 0.0689. The minimum atomic E-state index is -3.28. The van der Waals surface area contributed by atoms with Crippen molar-refractivity contribution in [2.24, 2.45) is 7.05 Å². The molecule has 1 N–H and O–H groups in total. The average Bonchev–Trinajstić information content (AvgIpc) is 2.94. The summed E-state index contributed by atoms with van der Waals surface area (Å²) in [4.78, 5) is 3.98. The van der Waals surface area contributed by atoms with Crippen molar-refractivity contribution in [2.45, 2.75) is 11.6 Å². The zero-order valence-electron chi connectivity index (χ0n) is 13.5.